The second-order valence-corrected chi connectivity index (χ2v) is 5.54. The molecule has 1 nitrogen and oxygen atoms in total. The van der Waals surface area contributed by atoms with Crippen molar-refractivity contribution >= 4 is 5.78 Å². The van der Waals surface area contributed by atoms with Crippen LogP contribution in [0.1, 0.15) is 35.4 Å². The Bertz CT molecular complexity index is 679. The molecule has 2 aromatic rings. The van der Waals surface area contributed by atoms with Gasteiger partial charge in [0.1, 0.15) is 5.78 Å². The molecule has 0 heterocycles. The minimum Gasteiger partial charge on any atom is -0.299 e. The summed E-state index contributed by atoms with van der Waals surface area (Å²) < 4.78 is 26.2. The van der Waals surface area contributed by atoms with E-state index in [2.05, 4.69) is 6.07 Å². The molecule has 1 unspecified atom stereocenters. The van der Waals surface area contributed by atoms with Crippen LogP contribution in [-0.4, -0.2) is 5.78 Å². The first-order chi connectivity index (χ1) is 10.1. The molecule has 1 aliphatic rings. The monoisotopic (exact) mass is 286 g/mol. The van der Waals surface area contributed by atoms with Crippen molar-refractivity contribution < 1.29 is 13.6 Å². The highest BCUT2D eigenvalue weighted by Gasteiger charge is 2.26. The number of benzene rings is 2. The Kier molecular flexibility index (Phi) is 3.82. The molecule has 0 saturated carbocycles. The van der Waals surface area contributed by atoms with Crippen molar-refractivity contribution in [3.05, 3.63) is 70.8 Å². The Hall–Kier alpha value is -2.03. The minimum absolute atomic E-state index is 0.0770. The number of carbonyl (C=O) groups excluding carboxylic acids is 1. The van der Waals surface area contributed by atoms with E-state index in [4.69, 9.17) is 0 Å². The Labute approximate surface area is 122 Å². The van der Waals surface area contributed by atoms with Gasteiger partial charge in [0, 0.05) is 12.3 Å². The van der Waals surface area contributed by atoms with Crippen LogP contribution in [0.4, 0.5) is 8.78 Å². The smallest absolute Gasteiger partial charge is 0.159 e. The average Bonchev–Trinajstić information content (AvgIpc) is 2.50. The molecule has 0 aromatic heterocycles. The van der Waals surface area contributed by atoms with Crippen LogP contribution in [0.3, 0.4) is 0 Å². The van der Waals surface area contributed by atoms with Gasteiger partial charge in [-0.15, -0.1) is 0 Å². The maximum atomic E-state index is 13.2. The van der Waals surface area contributed by atoms with Crippen molar-refractivity contribution in [2.24, 2.45) is 0 Å². The van der Waals surface area contributed by atoms with Gasteiger partial charge in [0.05, 0.1) is 0 Å². The van der Waals surface area contributed by atoms with Crippen LogP contribution in [0.5, 0.6) is 0 Å². The lowest BCUT2D eigenvalue weighted by atomic mass is 9.79. The molecule has 0 radical (unpaired) electrons. The van der Waals surface area contributed by atoms with Crippen molar-refractivity contribution in [3.8, 4) is 0 Å². The van der Waals surface area contributed by atoms with Crippen molar-refractivity contribution in [1.29, 1.82) is 0 Å². The third-order valence-corrected chi connectivity index (χ3v) is 4.12. The van der Waals surface area contributed by atoms with Gasteiger partial charge in [-0.3, -0.25) is 4.79 Å². The molecule has 0 saturated heterocycles. The number of carbonyl (C=O) groups is 1. The first-order valence-corrected chi connectivity index (χ1v) is 7.19. The maximum absolute atomic E-state index is 13.2. The highest BCUT2D eigenvalue weighted by atomic mass is 19.2. The molecule has 3 rings (SSSR count). The van der Waals surface area contributed by atoms with E-state index in [9.17, 15) is 13.6 Å². The standard InChI is InChI=1S/C18H16F2O/c19-16-9-8-12(10-17(16)20)11-18(21)15-7-3-5-13-4-1-2-6-14(13)15/h1-2,4,6,8-10,15H,3,5,7,11H2. The molecule has 0 fully saturated rings. The Morgan fingerprint density at radius 1 is 1.10 bits per heavy atom. The van der Waals surface area contributed by atoms with E-state index in [1.807, 2.05) is 18.2 Å². The molecule has 0 aliphatic heterocycles. The molecule has 0 bridgehead atoms. The topological polar surface area (TPSA) is 17.1 Å². The van der Waals surface area contributed by atoms with Crippen LogP contribution in [0.25, 0.3) is 0 Å². The third-order valence-electron chi connectivity index (χ3n) is 4.12. The second-order valence-electron chi connectivity index (χ2n) is 5.54. The SMILES string of the molecule is O=C(Cc1ccc(F)c(F)c1)C1CCCc2ccccc21. The molecule has 0 spiro atoms. The van der Waals surface area contributed by atoms with Gasteiger partial charge in [-0.1, -0.05) is 30.3 Å². The Morgan fingerprint density at radius 2 is 1.90 bits per heavy atom. The fourth-order valence-electron chi connectivity index (χ4n) is 3.06. The fraction of sp³-hybridized carbons (Fsp3) is 0.278. The zero-order chi connectivity index (χ0) is 14.8. The zero-order valence-electron chi connectivity index (χ0n) is 11.6. The molecule has 1 aliphatic carbocycles. The van der Waals surface area contributed by atoms with E-state index in [0.29, 0.717) is 5.56 Å². The zero-order valence-corrected chi connectivity index (χ0v) is 11.6. The summed E-state index contributed by atoms with van der Waals surface area (Å²) in [6.45, 7) is 0. The van der Waals surface area contributed by atoms with Crippen LogP contribution in [0.2, 0.25) is 0 Å². The molecule has 1 atom stereocenters. The number of hydrogen-bond donors (Lipinski definition) is 0. The fourth-order valence-corrected chi connectivity index (χ4v) is 3.06. The first-order valence-electron chi connectivity index (χ1n) is 7.19. The first kappa shape index (κ1) is 13.9. The van der Waals surface area contributed by atoms with Crippen LogP contribution >= 0.6 is 0 Å². The summed E-state index contributed by atoms with van der Waals surface area (Å²) in [5.41, 5.74) is 2.85. The van der Waals surface area contributed by atoms with Crippen LogP contribution < -0.4 is 0 Å². The lowest BCUT2D eigenvalue weighted by Gasteiger charge is -2.24. The summed E-state index contributed by atoms with van der Waals surface area (Å²) in [7, 11) is 0. The number of ketones is 1. The van der Waals surface area contributed by atoms with E-state index >= 15 is 0 Å². The summed E-state index contributed by atoms with van der Waals surface area (Å²) >= 11 is 0. The van der Waals surface area contributed by atoms with Gasteiger partial charge in [0.25, 0.3) is 0 Å². The summed E-state index contributed by atoms with van der Waals surface area (Å²) in [6, 6.07) is 11.7. The second kappa shape index (κ2) is 5.76. The largest absolute Gasteiger partial charge is 0.299 e. The summed E-state index contributed by atoms with van der Waals surface area (Å²) in [5.74, 6) is -1.82. The predicted molar refractivity (Wildman–Crippen MR) is 77.2 cm³/mol. The average molecular weight is 286 g/mol. The van der Waals surface area contributed by atoms with E-state index < -0.39 is 11.6 Å². The molecular weight excluding hydrogens is 270 g/mol. The summed E-state index contributed by atoms with van der Waals surface area (Å²) in [6.07, 6.45) is 2.98. The number of fused-ring (bicyclic) bond motifs is 1. The molecule has 0 amide bonds. The molecule has 21 heavy (non-hydrogen) atoms. The van der Waals surface area contributed by atoms with Gasteiger partial charge < -0.3 is 0 Å². The van der Waals surface area contributed by atoms with E-state index in [1.165, 1.54) is 11.6 Å². The number of halogens is 2. The molecule has 3 heteroatoms. The molecular formula is C18H16F2O. The maximum Gasteiger partial charge on any atom is 0.159 e. The predicted octanol–water partition coefficient (Wildman–Crippen LogP) is 4.20. The molecule has 2 aromatic carbocycles. The number of aryl methyl sites for hydroxylation is 1. The highest BCUT2D eigenvalue weighted by molar-refractivity contribution is 5.88. The van der Waals surface area contributed by atoms with Crippen LogP contribution in [0, 0.1) is 11.6 Å². The lowest BCUT2D eigenvalue weighted by molar-refractivity contribution is -0.120. The highest BCUT2D eigenvalue weighted by Crippen LogP contribution is 2.32. The van der Waals surface area contributed by atoms with Crippen molar-refractivity contribution in [2.75, 3.05) is 0 Å². The third kappa shape index (κ3) is 2.87. The van der Waals surface area contributed by atoms with E-state index in [0.717, 1.165) is 37.0 Å². The normalized spacial score (nSPS) is 17.3. The van der Waals surface area contributed by atoms with Crippen LogP contribution in [-0.2, 0) is 17.6 Å². The minimum atomic E-state index is -0.899. The lowest BCUT2D eigenvalue weighted by Crippen LogP contribution is -2.20. The van der Waals surface area contributed by atoms with Gasteiger partial charge in [0.2, 0.25) is 0 Å². The van der Waals surface area contributed by atoms with Crippen LogP contribution in [0.15, 0.2) is 42.5 Å². The Morgan fingerprint density at radius 3 is 2.71 bits per heavy atom. The Balaban J connectivity index is 1.81. The quantitative estimate of drug-likeness (QED) is 0.826. The summed E-state index contributed by atoms with van der Waals surface area (Å²) in [4.78, 5) is 12.5. The van der Waals surface area contributed by atoms with Gasteiger partial charge in [-0.25, -0.2) is 8.78 Å². The van der Waals surface area contributed by atoms with Crippen molar-refractivity contribution in [3.63, 3.8) is 0 Å². The van der Waals surface area contributed by atoms with Crippen molar-refractivity contribution in [2.45, 2.75) is 31.6 Å². The molecule has 0 N–H and O–H groups in total. The van der Waals surface area contributed by atoms with Gasteiger partial charge >= 0.3 is 0 Å². The van der Waals surface area contributed by atoms with E-state index in [-0.39, 0.29) is 18.1 Å². The summed E-state index contributed by atoms with van der Waals surface area (Å²) in [5, 5.41) is 0. The van der Waals surface area contributed by atoms with Gasteiger partial charge in [0.15, 0.2) is 11.6 Å². The van der Waals surface area contributed by atoms with Crippen molar-refractivity contribution in [1.82, 2.24) is 0 Å². The molecule has 108 valence electrons. The number of Topliss-reactive ketones (excluding diaryl/α,β-unsaturated/α-hetero) is 1. The number of hydrogen-bond acceptors (Lipinski definition) is 1. The van der Waals surface area contributed by atoms with Gasteiger partial charge in [-0.05, 0) is 48.1 Å². The van der Waals surface area contributed by atoms with E-state index in [1.54, 1.807) is 0 Å². The van der Waals surface area contributed by atoms with Gasteiger partial charge in [-0.2, -0.15) is 0 Å². The number of rotatable bonds is 3.